The van der Waals surface area contributed by atoms with Crippen LogP contribution in [0.25, 0.3) is 0 Å². The van der Waals surface area contributed by atoms with E-state index in [-0.39, 0.29) is 5.91 Å². The molecule has 1 aliphatic heterocycles. The van der Waals surface area contributed by atoms with Gasteiger partial charge in [-0.1, -0.05) is 36.2 Å². The van der Waals surface area contributed by atoms with Crippen molar-refractivity contribution < 1.29 is 9.69 Å². The molecule has 104 valence electrons. The van der Waals surface area contributed by atoms with Crippen molar-refractivity contribution >= 4 is 34.8 Å². The minimum Gasteiger partial charge on any atom is -0.327 e. The molecule has 1 aromatic rings. The number of hydrogen-bond acceptors (Lipinski definition) is 1. The summed E-state index contributed by atoms with van der Waals surface area (Å²) < 4.78 is 0. The molecule has 1 saturated heterocycles. The van der Waals surface area contributed by atoms with Crippen molar-refractivity contribution in [3.8, 4) is 0 Å². The number of quaternary nitrogens is 1. The first-order chi connectivity index (χ1) is 9.06. The van der Waals surface area contributed by atoms with Crippen molar-refractivity contribution in [3.05, 3.63) is 28.2 Å². The number of nitrogens with one attached hydrogen (secondary N) is 2. The van der Waals surface area contributed by atoms with Crippen molar-refractivity contribution in [1.29, 1.82) is 0 Å². The van der Waals surface area contributed by atoms with Gasteiger partial charge in [-0.15, -0.1) is 0 Å². The van der Waals surface area contributed by atoms with E-state index >= 15 is 0 Å². The van der Waals surface area contributed by atoms with Gasteiger partial charge in [0, 0.05) is 5.92 Å². The van der Waals surface area contributed by atoms with Gasteiger partial charge in [0.05, 0.1) is 28.8 Å². The number of amides is 1. The van der Waals surface area contributed by atoms with Gasteiger partial charge in [-0.25, -0.2) is 0 Å². The van der Waals surface area contributed by atoms with E-state index in [2.05, 4.69) is 12.2 Å². The summed E-state index contributed by atoms with van der Waals surface area (Å²) in [6, 6.07) is 5.25. The van der Waals surface area contributed by atoms with E-state index in [1.54, 1.807) is 18.2 Å². The second-order valence-electron chi connectivity index (χ2n) is 5.28. The third kappa shape index (κ3) is 4.10. The summed E-state index contributed by atoms with van der Waals surface area (Å²) in [5.74, 6) is 0.694. The van der Waals surface area contributed by atoms with Crippen LogP contribution in [0.3, 0.4) is 0 Å². The highest BCUT2D eigenvalue weighted by Crippen LogP contribution is 2.29. The van der Waals surface area contributed by atoms with Crippen LogP contribution < -0.4 is 10.2 Å². The smallest absolute Gasteiger partial charge is 0.279 e. The summed E-state index contributed by atoms with van der Waals surface area (Å²) in [6.07, 6.45) is 2.47. The zero-order chi connectivity index (χ0) is 13.8. The lowest BCUT2D eigenvalue weighted by molar-refractivity contribution is -0.900. The van der Waals surface area contributed by atoms with Gasteiger partial charge < -0.3 is 10.2 Å². The maximum atomic E-state index is 12.0. The predicted molar refractivity (Wildman–Crippen MR) is 79.1 cm³/mol. The number of benzene rings is 1. The minimum absolute atomic E-state index is 0.00623. The van der Waals surface area contributed by atoms with E-state index in [0.29, 0.717) is 28.2 Å². The van der Waals surface area contributed by atoms with E-state index in [4.69, 9.17) is 23.2 Å². The molecule has 1 amide bonds. The SMILES string of the molecule is C[C@H]1CCC[NH+](CC(=O)Nc2cccc(Cl)c2Cl)C1. The molecule has 1 fully saturated rings. The second kappa shape index (κ2) is 6.60. The molecule has 0 aliphatic carbocycles. The molecule has 1 unspecified atom stereocenters. The topological polar surface area (TPSA) is 33.5 Å². The van der Waals surface area contributed by atoms with Gasteiger partial charge in [-0.2, -0.15) is 0 Å². The van der Waals surface area contributed by atoms with Crippen LogP contribution in [0, 0.1) is 5.92 Å². The average Bonchev–Trinajstić information content (AvgIpc) is 2.35. The Hall–Kier alpha value is -0.770. The number of halogens is 2. The van der Waals surface area contributed by atoms with E-state index in [0.717, 1.165) is 13.1 Å². The Morgan fingerprint density at radius 1 is 1.47 bits per heavy atom. The fraction of sp³-hybridized carbons (Fsp3) is 0.500. The summed E-state index contributed by atoms with van der Waals surface area (Å²) in [6.45, 7) is 4.87. The number of carbonyl (C=O) groups is 1. The molecule has 0 spiro atoms. The van der Waals surface area contributed by atoms with Crippen molar-refractivity contribution in [3.63, 3.8) is 0 Å². The number of carbonyl (C=O) groups excluding carboxylic acids is 1. The number of piperidine rings is 1. The highest BCUT2D eigenvalue weighted by Gasteiger charge is 2.22. The first-order valence-electron chi connectivity index (χ1n) is 6.63. The van der Waals surface area contributed by atoms with Gasteiger partial charge in [0.25, 0.3) is 5.91 Å². The van der Waals surface area contributed by atoms with Gasteiger partial charge in [-0.05, 0) is 25.0 Å². The van der Waals surface area contributed by atoms with Crippen molar-refractivity contribution in [2.24, 2.45) is 5.92 Å². The Labute approximate surface area is 123 Å². The van der Waals surface area contributed by atoms with Gasteiger partial charge in [-0.3, -0.25) is 4.79 Å². The first-order valence-corrected chi connectivity index (χ1v) is 7.39. The Kier molecular flexibility index (Phi) is 5.08. The zero-order valence-corrected chi connectivity index (χ0v) is 12.5. The summed E-state index contributed by atoms with van der Waals surface area (Å²) in [4.78, 5) is 13.4. The second-order valence-corrected chi connectivity index (χ2v) is 6.06. The Balaban J connectivity index is 1.92. The van der Waals surface area contributed by atoms with Crippen molar-refractivity contribution in [2.75, 3.05) is 25.0 Å². The molecule has 19 heavy (non-hydrogen) atoms. The number of hydrogen-bond donors (Lipinski definition) is 2. The van der Waals surface area contributed by atoms with E-state index in [1.807, 2.05) is 0 Å². The lowest BCUT2D eigenvalue weighted by atomic mass is 10.0. The van der Waals surface area contributed by atoms with E-state index in [1.165, 1.54) is 17.7 Å². The zero-order valence-electron chi connectivity index (χ0n) is 11.0. The molecule has 2 N–H and O–H groups in total. The normalized spacial score (nSPS) is 23.1. The van der Waals surface area contributed by atoms with Gasteiger partial charge >= 0.3 is 0 Å². The highest BCUT2D eigenvalue weighted by molar-refractivity contribution is 6.43. The standard InChI is InChI=1S/C14H18Cl2N2O/c1-10-4-3-7-18(8-10)9-13(19)17-12-6-2-5-11(15)14(12)16/h2,5-6,10H,3-4,7-9H2,1H3,(H,17,19)/p+1/t10-/m0/s1. The molecule has 5 heteroatoms. The third-order valence-electron chi connectivity index (χ3n) is 3.50. The summed E-state index contributed by atoms with van der Waals surface area (Å²) in [5.41, 5.74) is 0.587. The Morgan fingerprint density at radius 3 is 3.00 bits per heavy atom. The molecular formula is C14H19Cl2N2O+. The van der Waals surface area contributed by atoms with Gasteiger partial charge in [0.15, 0.2) is 6.54 Å². The monoisotopic (exact) mass is 301 g/mol. The van der Waals surface area contributed by atoms with Gasteiger partial charge in [0.1, 0.15) is 0 Å². The van der Waals surface area contributed by atoms with Crippen LogP contribution in [-0.2, 0) is 4.79 Å². The molecule has 0 bridgehead atoms. The van der Waals surface area contributed by atoms with Crippen LogP contribution in [0.15, 0.2) is 18.2 Å². The number of anilines is 1. The maximum absolute atomic E-state index is 12.0. The molecule has 3 nitrogen and oxygen atoms in total. The predicted octanol–water partition coefficient (Wildman–Crippen LogP) is 2.25. The van der Waals surface area contributed by atoms with E-state index < -0.39 is 0 Å². The van der Waals surface area contributed by atoms with Crippen LogP contribution in [0.1, 0.15) is 19.8 Å². The lowest BCUT2D eigenvalue weighted by Crippen LogP contribution is -3.14. The third-order valence-corrected chi connectivity index (χ3v) is 4.32. The van der Waals surface area contributed by atoms with Crippen molar-refractivity contribution in [1.82, 2.24) is 0 Å². The van der Waals surface area contributed by atoms with Crippen LogP contribution in [0.5, 0.6) is 0 Å². The fourth-order valence-corrected chi connectivity index (χ4v) is 2.93. The molecule has 1 aromatic carbocycles. The first kappa shape index (κ1) is 14.6. The molecule has 2 rings (SSSR count). The van der Waals surface area contributed by atoms with Crippen LogP contribution in [-0.4, -0.2) is 25.5 Å². The van der Waals surface area contributed by atoms with Crippen molar-refractivity contribution in [2.45, 2.75) is 19.8 Å². The number of likely N-dealkylation sites (tertiary alicyclic amines) is 1. The van der Waals surface area contributed by atoms with Gasteiger partial charge in [0.2, 0.25) is 0 Å². The average molecular weight is 302 g/mol. The number of rotatable bonds is 3. The molecular weight excluding hydrogens is 283 g/mol. The van der Waals surface area contributed by atoms with Crippen LogP contribution in [0.4, 0.5) is 5.69 Å². The molecule has 1 heterocycles. The largest absolute Gasteiger partial charge is 0.327 e. The lowest BCUT2D eigenvalue weighted by Gasteiger charge is -2.27. The molecule has 0 saturated carbocycles. The summed E-state index contributed by atoms with van der Waals surface area (Å²) in [7, 11) is 0. The molecule has 2 atom stereocenters. The Bertz CT molecular complexity index is 465. The highest BCUT2D eigenvalue weighted by atomic mass is 35.5. The summed E-state index contributed by atoms with van der Waals surface area (Å²) >= 11 is 12.0. The molecule has 0 radical (unpaired) electrons. The summed E-state index contributed by atoms with van der Waals surface area (Å²) in [5, 5.41) is 3.70. The fourth-order valence-electron chi connectivity index (χ4n) is 2.58. The van der Waals surface area contributed by atoms with E-state index in [9.17, 15) is 4.79 Å². The Morgan fingerprint density at radius 2 is 2.26 bits per heavy atom. The molecule has 1 aliphatic rings. The minimum atomic E-state index is -0.00623. The van der Waals surface area contributed by atoms with Crippen LogP contribution >= 0.6 is 23.2 Å². The van der Waals surface area contributed by atoms with Crippen LogP contribution in [0.2, 0.25) is 10.0 Å². The quantitative estimate of drug-likeness (QED) is 0.882. The maximum Gasteiger partial charge on any atom is 0.279 e. The molecule has 0 aromatic heterocycles.